The van der Waals surface area contributed by atoms with Gasteiger partial charge in [-0.05, 0) is 36.6 Å². The molecular weight excluding hydrogens is 218 g/mol. The van der Waals surface area contributed by atoms with Gasteiger partial charge in [-0.15, -0.1) is 0 Å². The third-order valence-corrected chi connectivity index (χ3v) is 2.68. The Kier molecular flexibility index (Phi) is 4.37. The first-order valence-electron chi connectivity index (χ1n) is 5.59. The number of carboxylic acids is 1. The first kappa shape index (κ1) is 13.4. The van der Waals surface area contributed by atoms with Crippen molar-refractivity contribution >= 4 is 11.7 Å². The van der Waals surface area contributed by atoms with Crippen molar-refractivity contribution in [3.63, 3.8) is 0 Å². The molecule has 0 aliphatic heterocycles. The summed E-state index contributed by atoms with van der Waals surface area (Å²) < 4.78 is 5.11. The molecule has 0 heterocycles. The van der Waals surface area contributed by atoms with Gasteiger partial charge in [0.2, 0.25) is 0 Å². The van der Waals surface area contributed by atoms with Gasteiger partial charge in [-0.3, -0.25) is 0 Å². The first-order chi connectivity index (χ1) is 7.95. The lowest BCUT2D eigenvalue weighted by Gasteiger charge is -2.20. The molecule has 0 aromatic heterocycles. The highest BCUT2D eigenvalue weighted by Crippen LogP contribution is 2.22. The Bertz CT molecular complexity index is 402. The topological polar surface area (TPSA) is 58.6 Å². The van der Waals surface area contributed by atoms with Crippen LogP contribution < -0.4 is 10.1 Å². The lowest BCUT2D eigenvalue weighted by molar-refractivity contribution is -0.138. The molecule has 17 heavy (non-hydrogen) atoms. The molecule has 1 unspecified atom stereocenters. The minimum atomic E-state index is -0.838. The molecule has 0 radical (unpaired) electrons. The minimum absolute atomic E-state index is 0.0222. The Morgan fingerprint density at radius 1 is 1.41 bits per heavy atom. The second kappa shape index (κ2) is 5.57. The number of aryl methyl sites for hydroxylation is 1. The number of carbonyl (C=O) groups is 1. The van der Waals surface area contributed by atoms with Crippen molar-refractivity contribution in [3.8, 4) is 5.75 Å². The fourth-order valence-electron chi connectivity index (χ4n) is 1.61. The van der Waals surface area contributed by atoms with E-state index in [1.165, 1.54) is 0 Å². The number of methoxy groups -OCH3 is 1. The Hall–Kier alpha value is -1.71. The Labute approximate surface area is 102 Å². The SMILES string of the molecule is COc1ccc(NC(C(=O)O)C(C)C)c(C)c1. The maximum absolute atomic E-state index is 11.1. The van der Waals surface area contributed by atoms with E-state index in [9.17, 15) is 4.79 Å². The number of benzene rings is 1. The van der Waals surface area contributed by atoms with E-state index in [0.29, 0.717) is 0 Å². The normalized spacial score (nSPS) is 12.3. The summed E-state index contributed by atoms with van der Waals surface area (Å²) in [6.45, 7) is 5.68. The fourth-order valence-corrected chi connectivity index (χ4v) is 1.61. The Balaban J connectivity index is 2.90. The average molecular weight is 237 g/mol. The van der Waals surface area contributed by atoms with Crippen molar-refractivity contribution in [1.29, 1.82) is 0 Å². The number of rotatable bonds is 5. The van der Waals surface area contributed by atoms with E-state index in [1.54, 1.807) is 7.11 Å². The van der Waals surface area contributed by atoms with Crippen LogP contribution in [0.3, 0.4) is 0 Å². The number of nitrogens with one attached hydrogen (secondary N) is 1. The van der Waals surface area contributed by atoms with Crippen molar-refractivity contribution in [1.82, 2.24) is 0 Å². The summed E-state index contributed by atoms with van der Waals surface area (Å²) in [7, 11) is 1.61. The fraction of sp³-hybridized carbons (Fsp3) is 0.462. The van der Waals surface area contributed by atoms with Gasteiger partial charge in [0.1, 0.15) is 11.8 Å². The maximum atomic E-state index is 11.1. The largest absolute Gasteiger partial charge is 0.497 e. The zero-order valence-corrected chi connectivity index (χ0v) is 10.7. The van der Waals surface area contributed by atoms with Crippen LogP contribution in [0.2, 0.25) is 0 Å². The lowest BCUT2D eigenvalue weighted by Crippen LogP contribution is -2.34. The molecule has 4 heteroatoms. The van der Waals surface area contributed by atoms with E-state index in [4.69, 9.17) is 9.84 Å². The van der Waals surface area contributed by atoms with E-state index in [1.807, 2.05) is 39.0 Å². The van der Waals surface area contributed by atoms with Gasteiger partial charge in [-0.25, -0.2) is 4.79 Å². The molecule has 1 rings (SSSR count). The zero-order chi connectivity index (χ0) is 13.0. The molecule has 0 saturated carbocycles. The molecule has 0 aliphatic rings. The molecular formula is C13H19NO3. The molecule has 1 aromatic rings. The number of ether oxygens (including phenoxy) is 1. The van der Waals surface area contributed by atoms with E-state index in [0.717, 1.165) is 17.0 Å². The van der Waals surface area contributed by atoms with Crippen molar-refractivity contribution in [2.24, 2.45) is 5.92 Å². The van der Waals surface area contributed by atoms with Crippen LogP contribution in [0.4, 0.5) is 5.69 Å². The Morgan fingerprint density at radius 3 is 2.47 bits per heavy atom. The first-order valence-corrected chi connectivity index (χ1v) is 5.59. The number of hydrogen-bond donors (Lipinski definition) is 2. The van der Waals surface area contributed by atoms with Gasteiger partial charge in [0.15, 0.2) is 0 Å². The molecule has 0 fully saturated rings. The minimum Gasteiger partial charge on any atom is -0.497 e. The smallest absolute Gasteiger partial charge is 0.326 e. The summed E-state index contributed by atoms with van der Waals surface area (Å²) in [6, 6.07) is 4.95. The summed E-state index contributed by atoms with van der Waals surface area (Å²) in [5.74, 6) is -0.0475. The summed E-state index contributed by atoms with van der Waals surface area (Å²) in [6.07, 6.45) is 0. The summed E-state index contributed by atoms with van der Waals surface area (Å²) >= 11 is 0. The molecule has 4 nitrogen and oxygen atoms in total. The van der Waals surface area contributed by atoms with E-state index in [-0.39, 0.29) is 5.92 Å². The summed E-state index contributed by atoms with van der Waals surface area (Å²) in [5.41, 5.74) is 1.79. The van der Waals surface area contributed by atoms with Crippen molar-refractivity contribution < 1.29 is 14.6 Å². The van der Waals surface area contributed by atoms with E-state index in [2.05, 4.69) is 5.32 Å². The molecule has 0 bridgehead atoms. The van der Waals surface area contributed by atoms with Gasteiger partial charge in [-0.1, -0.05) is 13.8 Å². The third kappa shape index (κ3) is 3.37. The van der Waals surface area contributed by atoms with Gasteiger partial charge in [0, 0.05) is 5.69 Å². The highest BCUT2D eigenvalue weighted by molar-refractivity contribution is 5.78. The molecule has 2 N–H and O–H groups in total. The van der Waals surface area contributed by atoms with Crippen LogP contribution in [-0.2, 0) is 4.79 Å². The number of anilines is 1. The molecule has 1 atom stereocenters. The maximum Gasteiger partial charge on any atom is 0.326 e. The van der Waals surface area contributed by atoms with E-state index < -0.39 is 12.0 Å². The van der Waals surface area contributed by atoms with Crippen molar-refractivity contribution in [3.05, 3.63) is 23.8 Å². The monoisotopic (exact) mass is 237 g/mol. The van der Waals surface area contributed by atoms with Crippen LogP contribution in [0.15, 0.2) is 18.2 Å². The van der Waals surface area contributed by atoms with Crippen LogP contribution in [0.1, 0.15) is 19.4 Å². The van der Waals surface area contributed by atoms with Crippen LogP contribution in [0.25, 0.3) is 0 Å². The van der Waals surface area contributed by atoms with Crippen LogP contribution in [0, 0.1) is 12.8 Å². The second-order valence-electron chi connectivity index (χ2n) is 4.39. The van der Waals surface area contributed by atoms with Crippen LogP contribution in [-0.4, -0.2) is 24.2 Å². The van der Waals surface area contributed by atoms with Crippen molar-refractivity contribution in [2.45, 2.75) is 26.8 Å². The highest BCUT2D eigenvalue weighted by Gasteiger charge is 2.21. The van der Waals surface area contributed by atoms with Gasteiger partial charge in [0.25, 0.3) is 0 Å². The molecule has 94 valence electrons. The summed E-state index contributed by atoms with van der Waals surface area (Å²) in [4.78, 5) is 11.1. The Morgan fingerprint density at radius 2 is 2.06 bits per heavy atom. The molecule has 0 aliphatic carbocycles. The average Bonchev–Trinajstić information content (AvgIpc) is 2.26. The molecule has 0 amide bonds. The second-order valence-corrected chi connectivity index (χ2v) is 4.39. The van der Waals surface area contributed by atoms with Gasteiger partial charge in [0.05, 0.1) is 7.11 Å². The van der Waals surface area contributed by atoms with Gasteiger partial charge >= 0.3 is 5.97 Å². The lowest BCUT2D eigenvalue weighted by atomic mass is 10.0. The molecule has 0 saturated heterocycles. The number of carboxylic acid groups (broad SMARTS) is 1. The molecule has 0 spiro atoms. The van der Waals surface area contributed by atoms with Gasteiger partial charge in [-0.2, -0.15) is 0 Å². The third-order valence-electron chi connectivity index (χ3n) is 2.68. The van der Waals surface area contributed by atoms with Crippen LogP contribution in [0.5, 0.6) is 5.75 Å². The van der Waals surface area contributed by atoms with E-state index >= 15 is 0 Å². The van der Waals surface area contributed by atoms with Crippen molar-refractivity contribution in [2.75, 3.05) is 12.4 Å². The van der Waals surface area contributed by atoms with Gasteiger partial charge < -0.3 is 15.2 Å². The standard InChI is InChI=1S/C13H19NO3/c1-8(2)12(13(15)16)14-11-6-5-10(17-4)7-9(11)3/h5-8,12,14H,1-4H3,(H,15,16). The number of hydrogen-bond acceptors (Lipinski definition) is 3. The predicted octanol–water partition coefficient (Wildman–Crippen LogP) is 2.52. The zero-order valence-electron chi connectivity index (χ0n) is 10.7. The summed E-state index contributed by atoms with van der Waals surface area (Å²) in [5, 5.41) is 12.2. The highest BCUT2D eigenvalue weighted by atomic mass is 16.5. The quantitative estimate of drug-likeness (QED) is 0.826. The predicted molar refractivity (Wildman–Crippen MR) is 67.6 cm³/mol. The number of aliphatic carboxylic acids is 1. The van der Waals surface area contributed by atoms with Crippen LogP contribution >= 0.6 is 0 Å². The molecule has 1 aromatic carbocycles.